The van der Waals surface area contributed by atoms with Gasteiger partial charge in [-0.3, -0.25) is 0 Å². The molecule has 1 aromatic carbocycles. The van der Waals surface area contributed by atoms with Crippen LogP contribution in [0, 0.1) is 13.8 Å². The summed E-state index contributed by atoms with van der Waals surface area (Å²) in [6.07, 6.45) is -4.47. The summed E-state index contributed by atoms with van der Waals surface area (Å²) in [6.45, 7) is 3.43. The number of nitrogens with zero attached hydrogens (tertiary/aromatic N) is 5. The summed E-state index contributed by atoms with van der Waals surface area (Å²) < 4.78 is 39.6. The van der Waals surface area contributed by atoms with E-state index in [1.807, 2.05) is 0 Å². The van der Waals surface area contributed by atoms with Crippen molar-refractivity contribution in [2.75, 3.05) is 0 Å². The third-order valence-electron chi connectivity index (χ3n) is 2.69. The number of azide groups is 1. The summed E-state index contributed by atoms with van der Waals surface area (Å²) in [4.78, 5) is 2.62. The Morgan fingerprint density at radius 1 is 1.25 bits per heavy atom. The Labute approximate surface area is 112 Å². The maximum Gasteiger partial charge on any atom is 0.416 e. The van der Waals surface area contributed by atoms with Gasteiger partial charge in [0.15, 0.2) is 0 Å². The van der Waals surface area contributed by atoms with Gasteiger partial charge in [0.2, 0.25) is 0 Å². The van der Waals surface area contributed by atoms with E-state index in [4.69, 9.17) is 5.53 Å². The Bertz CT molecular complexity index is 696. The molecule has 0 fully saturated rings. The molecular formula is C12H10F3N5. The van der Waals surface area contributed by atoms with Gasteiger partial charge in [0.05, 0.1) is 22.6 Å². The molecule has 0 unspecified atom stereocenters. The number of aryl methyl sites for hydroxylation is 2. The maximum atomic E-state index is 12.8. The van der Waals surface area contributed by atoms with Gasteiger partial charge in [-0.05, 0) is 43.6 Å². The first-order chi connectivity index (χ1) is 9.32. The van der Waals surface area contributed by atoms with E-state index in [1.54, 1.807) is 19.9 Å². The molecule has 0 amide bonds. The molecule has 5 nitrogen and oxygen atoms in total. The van der Waals surface area contributed by atoms with E-state index in [2.05, 4.69) is 15.1 Å². The fraction of sp³-hybridized carbons (Fsp3) is 0.250. The Hall–Kier alpha value is -2.47. The van der Waals surface area contributed by atoms with Crippen molar-refractivity contribution in [3.8, 4) is 5.69 Å². The van der Waals surface area contributed by atoms with Gasteiger partial charge >= 0.3 is 6.18 Å². The van der Waals surface area contributed by atoms with Gasteiger partial charge in [0, 0.05) is 10.6 Å². The Balaban J connectivity index is 2.70. The highest BCUT2D eigenvalue weighted by Crippen LogP contribution is 2.34. The van der Waals surface area contributed by atoms with Gasteiger partial charge in [0.1, 0.15) is 0 Å². The molecule has 104 valence electrons. The van der Waals surface area contributed by atoms with Gasteiger partial charge in [-0.1, -0.05) is 5.11 Å². The highest BCUT2D eigenvalue weighted by Gasteiger charge is 2.31. The van der Waals surface area contributed by atoms with Gasteiger partial charge < -0.3 is 0 Å². The molecular weight excluding hydrogens is 271 g/mol. The summed E-state index contributed by atoms with van der Waals surface area (Å²) >= 11 is 0. The van der Waals surface area contributed by atoms with Crippen LogP contribution >= 0.6 is 0 Å². The van der Waals surface area contributed by atoms with Crippen LogP contribution in [0.15, 0.2) is 29.4 Å². The average molecular weight is 281 g/mol. The molecule has 2 aromatic rings. The maximum absolute atomic E-state index is 12.8. The number of hydrogen-bond donors (Lipinski definition) is 0. The second-order valence-corrected chi connectivity index (χ2v) is 4.23. The van der Waals surface area contributed by atoms with E-state index in [9.17, 15) is 13.2 Å². The molecule has 0 saturated carbocycles. The first kappa shape index (κ1) is 14.0. The van der Waals surface area contributed by atoms with Gasteiger partial charge in [-0.15, -0.1) is 0 Å². The minimum atomic E-state index is -4.47. The summed E-state index contributed by atoms with van der Waals surface area (Å²) in [5.41, 5.74) is 9.18. The van der Waals surface area contributed by atoms with Crippen molar-refractivity contribution in [1.82, 2.24) is 9.78 Å². The van der Waals surface area contributed by atoms with E-state index < -0.39 is 11.7 Å². The van der Waals surface area contributed by atoms with Crippen LogP contribution < -0.4 is 0 Å². The number of rotatable bonds is 2. The van der Waals surface area contributed by atoms with Gasteiger partial charge in [0.25, 0.3) is 0 Å². The average Bonchev–Trinajstić information content (AvgIpc) is 2.68. The summed E-state index contributed by atoms with van der Waals surface area (Å²) in [7, 11) is 0. The van der Waals surface area contributed by atoms with E-state index in [0.29, 0.717) is 11.4 Å². The zero-order valence-electron chi connectivity index (χ0n) is 10.7. The van der Waals surface area contributed by atoms with Crippen molar-refractivity contribution >= 4 is 5.69 Å². The number of halogens is 3. The minimum absolute atomic E-state index is 0.0895. The predicted octanol–water partition coefficient (Wildman–Crippen LogP) is 4.45. The third kappa shape index (κ3) is 2.60. The standard InChI is InChI=1S/C12H10F3N5/c1-7-5-8(2)20(18-7)11-6-9(12(13,14)15)3-4-10(11)17-19-16/h3-6H,1-2H3. The first-order valence-electron chi connectivity index (χ1n) is 5.63. The SMILES string of the molecule is Cc1cc(C)n(-c2cc(C(F)(F)F)ccc2N=[N+]=[N-])n1. The van der Waals surface area contributed by atoms with Crippen molar-refractivity contribution in [3.05, 3.63) is 51.7 Å². The molecule has 0 saturated heterocycles. The molecule has 20 heavy (non-hydrogen) atoms. The van der Waals surface area contributed by atoms with E-state index in [1.165, 1.54) is 4.68 Å². The number of alkyl halides is 3. The van der Waals surface area contributed by atoms with E-state index in [0.717, 1.165) is 18.2 Å². The molecule has 0 radical (unpaired) electrons. The largest absolute Gasteiger partial charge is 0.416 e. The second-order valence-electron chi connectivity index (χ2n) is 4.23. The molecule has 0 aliphatic rings. The van der Waals surface area contributed by atoms with Crippen LogP contribution in [0.4, 0.5) is 18.9 Å². The quantitative estimate of drug-likeness (QED) is 0.455. The molecule has 2 rings (SSSR count). The molecule has 1 heterocycles. The topological polar surface area (TPSA) is 66.6 Å². The Kier molecular flexibility index (Phi) is 3.42. The van der Waals surface area contributed by atoms with Gasteiger partial charge in [-0.25, -0.2) is 4.68 Å². The zero-order valence-corrected chi connectivity index (χ0v) is 10.7. The molecule has 1 aromatic heterocycles. The second kappa shape index (κ2) is 4.90. The van der Waals surface area contributed by atoms with Crippen molar-refractivity contribution < 1.29 is 13.2 Å². The molecule has 0 spiro atoms. The summed E-state index contributed by atoms with van der Waals surface area (Å²) in [5.74, 6) is 0. The smallest absolute Gasteiger partial charge is 0.237 e. The lowest BCUT2D eigenvalue weighted by atomic mass is 10.1. The van der Waals surface area contributed by atoms with E-state index >= 15 is 0 Å². The van der Waals surface area contributed by atoms with Crippen molar-refractivity contribution in [3.63, 3.8) is 0 Å². The van der Waals surface area contributed by atoms with Crippen LogP contribution in [0.2, 0.25) is 0 Å². The molecule has 0 aliphatic heterocycles. The zero-order chi connectivity index (χ0) is 14.9. The normalized spacial score (nSPS) is 11.2. The van der Waals surface area contributed by atoms with Crippen LogP contribution in [0.5, 0.6) is 0 Å². The van der Waals surface area contributed by atoms with Crippen LogP contribution in [0.3, 0.4) is 0 Å². The van der Waals surface area contributed by atoms with Gasteiger partial charge in [-0.2, -0.15) is 18.3 Å². The molecule has 0 aliphatic carbocycles. The number of aromatic nitrogens is 2. The first-order valence-corrected chi connectivity index (χ1v) is 5.63. The third-order valence-corrected chi connectivity index (χ3v) is 2.69. The lowest BCUT2D eigenvalue weighted by molar-refractivity contribution is -0.137. The fourth-order valence-electron chi connectivity index (χ4n) is 1.87. The van der Waals surface area contributed by atoms with Crippen molar-refractivity contribution in [1.29, 1.82) is 0 Å². The van der Waals surface area contributed by atoms with Crippen molar-refractivity contribution in [2.45, 2.75) is 20.0 Å². The predicted molar refractivity (Wildman–Crippen MR) is 66.8 cm³/mol. The van der Waals surface area contributed by atoms with Crippen LogP contribution in [-0.2, 0) is 6.18 Å². The Morgan fingerprint density at radius 2 is 1.95 bits per heavy atom. The monoisotopic (exact) mass is 281 g/mol. The lowest BCUT2D eigenvalue weighted by Crippen LogP contribution is -2.07. The highest BCUT2D eigenvalue weighted by molar-refractivity contribution is 5.59. The highest BCUT2D eigenvalue weighted by atomic mass is 19.4. The van der Waals surface area contributed by atoms with Crippen LogP contribution in [0.1, 0.15) is 17.0 Å². The van der Waals surface area contributed by atoms with Crippen LogP contribution in [-0.4, -0.2) is 9.78 Å². The molecule has 0 atom stereocenters. The summed E-state index contributed by atoms with van der Waals surface area (Å²) in [5, 5.41) is 7.52. The number of hydrogen-bond acceptors (Lipinski definition) is 2. The fourth-order valence-corrected chi connectivity index (χ4v) is 1.87. The van der Waals surface area contributed by atoms with E-state index in [-0.39, 0.29) is 11.4 Å². The Morgan fingerprint density at radius 3 is 2.45 bits per heavy atom. The van der Waals surface area contributed by atoms with Crippen LogP contribution in [0.25, 0.3) is 16.1 Å². The number of benzene rings is 1. The van der Waals surface area contributed by atoms with Crippen molar-refractivity contribution in [2.24, 2.45) is 5.11 Å². The summed E-state index contributed by atoms with van der Waals surface area (Å²) in [6, 6.07) is 4.65. The minimum Gasteiger partial charge on any atom is -0.237 e. The molecule has 0 N–H and O–H groups in total. The molecule has 0 bridgehead atoms. The lowest BCUT2D eigenvalue weighted by Gasteiger charge is -2.12. The molecule has 8 heteroatoms.